The van der Waals surface area contributed by atoms with Crippen molar-refractivity contribution in [2.45, 2.75) is 12.8 Å². The maximum atomic E-state index is 5.71. The zero-order chi connectivity index (χ0) is 15.4. The molecule has 0 saturated carbocycles. The summed E-state index contributed by atoms with van der Waals surface area (Å²) in [4.78, 5) is 4.97. The molecule has 0 unspecified atom stereocenters. The summed E-state index contributed by atoms with van der Waals surface area (Å²) in [6.45, 7) is 7.50. The van der Waals surface area contributed by atoms with Crippen molar-refractivity contribution in [2.75, 3.05) is 65.3 Å². The Bertz CT molecular complexity index is 482. The highest BCUT2D eigenvalue weighted by molar-refractivity contribution is 5.66. The number of hydrogen-bond donors (Lipinski definition) is 1. The van der Waals surface area contributed by atoms with Gasteiger partial charge in [-0.15, -0.1) is 0 Å². The average Bonchev–Trinajstić information content (AvgIpc) is 2.56. The molecule has 3 rings (SSSR count). The van der Waals surface area contributed by atoms with Crippen molar-refractivity contribution in [3.63, 3.8) is 0 Å². The molecule has 0 aromatic heterocycles. The summed E-state index contributed by atoms with van der Waals surface area (Å²) < 4.78 is 11.2. The number of ether oxygens (including phenoxy) is 2. The normalized spacial score (nSPS) is 19.2. The van der Waals surface area contributed by atoms with E-state index in [1.807, 2.05) is 0 Å². The van der Waals surface area contributed by atoms with E-state index in [0.29, 0.717) is 6.61 Å². The fraction of sp³-hybridized carbons (Fsp3) is 0.647. The Balaban J connectivity index is 1.56. The zero-order valence-corrected chi connectivity index (χ0v) is 13.7. The molecule has 0 bridgehead atoms. The Morgan fingerprint density at radius 1 is 1.23 bits per heavy atom. The summed E-state index contributed by atoms with van der Waals surface area (Å²) in [5.74, 6) is 1.70. The van der Waals surface area contributed by atoms with Crippen molar-refractivity contribution in [1.82, 2.24) is 9.80 Å². The van der Waals surface area contributed by atoms with Gasteiger partial charge < -0.3 is 24.6 Å². The molecule has 1 aromatic carbocycles. The molecule has 2 aliphatic rings. The maximum Gasteiger partial charge on any atom is 0.184 e. The molecule has 0 spiro atoms. The van der Waals surface area contributed by atoms with Crippen molar-refractivity contribution >= 4 is 5.69 Å². The van der Waals surface area contributed by atoms with Gasteiger partial charge in [0.1, 0.15) is 6.61 Å². The van der Waals surface area contributed by atoms with E-state index in [1.165, 1.54) is 44.7 Å². The Morgan fingerprint density at radius 2 is 2.05 bits per heavy atom. The number of piperazine rings is 1. The predicted molar refractivity (Wildman–Crippen MR) is 89.2 cm³/mol. The first-order chi connectivity index (χ1) is 10.8. The number of rotatable bonds is 5. The van der Waals surface area contributed by atoms with Crippen LogP contribution in [0.15, 0.2) is 12.1 Å². The van der Waals surface area contributed by atoms with E-state index in [0.717, 1.165) is 30.2 Å². The highest BCUT2D eigenvalue weighted by Crippen LogP contribution is 2.38. The number of likely N-dealkylation sites (N-methyl/N-ethyl adjacent to an activating group) is 1. The Labute approximate surface area is 133 Å². The second-order valence-electron chi connectivity index (χ2n) is 6.20. The quantitative estimate of drug-likeness (QED) is 0.896. The zero-order valence-electron chi connectivity index (χ0n) is 13.7. The summed E-state index contributed by atoms with van der Waals surface area (Å²) in [7, 11) is 3.91. The summed E-state index contributed by atoms with van der Waals surface area (Å²) in [5, 5.41) is 3.40. The van der Waals surface area contributed by atoms with Crippen molar-refractivity contribution in [1.29, 1.82) is 0 Å². The predicted octanol–water partition coefficient (Wildman–Crippen LogP) is 1.68. The van der Waals surface area contributed by atoms with Gasteiger partial charge in [0, 0.05) is 32.7 Å². The van der Waals surface area contributed by atoms with Gasteiger partial charge in [-0.3, -0.25) is 0 Å². The number of hydrogen-bond acceptors (Lipinski definition) is 5. The molecule has 0 amide bonds. The van der Waals surface area contributed by atoms with Crippen molar-refractivity contribution in [2.24, 2.45) is 0 Å². The second kappa shape index (κ2) is 7.20. The monoisotopic (exact) mass is 305 g/mol. The molecular weight excluding hydrogens is 278 g/mol. The van der Waals surface area contributed by atoms with Crippen LogP contribution >= 0.6 is 0 Å². The SMILES string of the molecule is COc1cc(CCCN2CCN(C)CC2)cc2c1OCCN2. The van der Waals surface area contributed by atoms with Gasteiger partial charge in [-0.25, -0.2) is 0 Å². The van der Waals surface area contributed by atoms with Gasteiger partial charge in [0.25, 0.3) is 0 Å². The third-order valence-corrected chi connectivity index (χ3v) is 4.53. The molecule has 22 heavy (non-hydrogen) atoms. The first-order valence-electron chi connectivity index (χ1n) is 8.25. The van der Waals surface area contributed by atoms with E-state index in [2.05, 4.69) is 34.3 Å². The lowest BCUT2D eigenvalue weighted by Crippen LogP contribution is -2.44. The number of methoxy groups -OCH3 is 1. The molecule has 2 aliphatic heterocycles. The molecule has 0 aliphatic carbocycles. The van der Waals surface area contributed by atoms with Gasteiger partial charge in [0.15, 0.2) is 11.5 Å². The molecule has 1 N–H and O–H groups in total. The van der Waals surface area contributed by atoms with Crippen LogP contribution < -0.4 is 14.8 Å². The number of benzene rings is 1. The first-order valence-corrected chi connectivity index (χ1v) is 8.25. The van der Waals surface area contributed by atoms with Crippen LogP contribution in [-0.4, -0.2) is 69.8 Å². The van der Waals surface area contributed by atoms with Gasteiger partial charge in [0.05, 0.1) is 12.8 Å². The minimum atomic E-state index is 0.701. The summed E-state index contributed by atoms with van der Waals surface area (Å²) in [5.41, 5.74) is 2.39. The Morgan fingerprint density at radius 3 is 2.82 bits per heavy atom. The lowest BCUT2D eigenvalue weighted by atomic mass is 10.1. The van der Waals surface area contributed by atoms with E-state index in [9.17, 15) is 0 Å². The molecule has 2 heterocycles. The molecule has 0 radical (unpaired) electrons. The van der Waals surface area contributed by atoms with E-state index in [4.69, 9.17) is 9.47 Å². The van der Waals surface area contributed by atoms with E-state index in [-0.39, 0.29) is 0 Å². The number of anilines is 1. The number of fused-ring (bicyclic) bond motifs is 1. The first kappa shape index (κ1) is 15.4. The minimum absolute atomic E-state index is 0.701. The van der Waals surface area contributed by atoms with Crippen molar-refractivity contribution in [3.05, 3.63) is 17.7 Å². The summed E-state index contributed by atoms with van der Waals surface area (Å²) >= 11 is 0. The molecule has 5 nitrogen and oxygen atoms in total. The molecule has 122 valence electrons. The lowest BCUT2D eigenvalue weighted by Gasteiger charge is -2.32. The Hall–Kier alpha value is -1.46. The van der Waals surface area contributed by atoms with Crippen molar-refractivity contribution < 1.29 is 9.47 Å². The van der Waals surface area contributed by atoms with E-state index in [1.54, 1.807) is 7.11 Å². The number of aryl methyl sites for hydroxylation is 1. The highest BCUT2D eigenvalue weighted by Gasteiger charge is 2.17. The largest absolute Gasteiger partial charge is 0.493 e. The van der Waals surface area contributed by atoms with Crippen LogP contribution in [0.1, 0.15) is 12.0 Å². The van der Waals surface area contributed by atoms with Gasteiger partial charge >= 0.3 is 0 Å². The summed E-state index contributed by atoms with van der Waals surface area (Å²) in [6.07, 6.45) is 2.27. The van der Waals surface area contributed by atoms with Gasteiger partial charge in [-0.1, -0.05) is 0 Å². The third-order valence-electron chi connectivity index (χ3n) is 4.53. The van der Waals surface area contributed by atoms with Gasteiger partial charge in [-0.05, 0) is 44.1 Å². The molecule has 1 aromatic rings. The fourth-order valence-corrected chi connectivity index (χ4v) is 3.15. The number of nitrogens with zero attached hydrogens (tertiary/aromatic N) is 2. The smallest absolute Gasteiger partial charge is 0.184 e. The highest BCUT2D eigenvalue weighted by atomic mass is 16.5. The topological polar surface area (TPSA) is 37.0 Å². The van der Waals surface area contributed by atoms with E-state index < -0.39 is 0 Å². The van der Waals surface area contributed by atoms with Crippen molar-refractivity contribution in [3.8, 4) is 11.5 Å². The number of nitrogens with one attached hydrogen (secondary N) is 1. The van der Waals surface area contributed by atoms with Crippen LogP contribution in [0.2, 0.25) is 0 Å². The van der Waals surface area contributed by atoms with Crippen LogP contribution in [0, 0.1) is 0 Å². The molecule has 1 saturated heterocycles. The molecule has 5 heteroatoms. The summed E-state index contributed by atoms with van der Waals surface area (Å²) in [6, 6.07) is 4.33. The molecule has 1 fully saturated rings. The third kappa shape index (κ3) is 3.65. The van der Waals surface area contributed by atoms with E-state index >= 15 is 0 Å². The van der Waals surface area contributed by atoms with Crippen LogP contribution in [0.3, 0.4) is 0 Å². The minimum Gasteiger partial charge on any atom is -0.493 e. The van der Waals surface area contributed by atoms with Crippen LogP contribution in [-0.2, 0) is 6.42 Å². The van der Waals surface area contributed by atoms with Gasteiger partial charge in [0.2, 0.25) is 0 Å². The second-order valence-corrected chi connectivity index (χ2v) is 6.20. The Kier molecular flexibility index (Phi) is 5.05. The standard InChI is InChI=1S/C17H27N3O2/c1-19-7-9-20(10-8-19)6-3-4-14-12-15-17(16(13-14)21-2)22-11-5-18-15/h12-13,18H,3-11H2,1-2H3. The lowest BCUT2D eigenvalue weighted by molar-refractivity contribution is 0.153. The van der Waals surface area contributed by atoms with Gasteiger partial charge in [-0.2, -0.15) is 0 Å². The van der Waals surface area contributed by atoms with Crippen LogP contribution in [0.5, 0.6) is 11.5 Å². The average molecular weight is 305 g/mol. The fourth-order valence-electron chi connectivity index (χ4n) is 3.15. The maximum absolute atomic E-state index is 5.71. The van der Waals surface area contributed by atoms with Crippen LogP contribution in [0.25, 0.3) is 0 Å². The molecule has 0 atom stereocenters. The molecular formula is C17H27N3O2. The van der Waals surface area contributed by atoms with Crippen LogP contribution in [0.4, 0.5) is 5.69 Å².